The fourth-order valence-electron chi connectivity index (χ4n) is 2.82. The maximum absolute atomic E-state index is 12.1. The van der Waals surface area contributed by atoms with Crippen molar-refractivity contribution in [3.63, 3.8) is 0 Å². The molecule has 0 aromatic carbocycles. The molecule has 2 unspecified atom stereocenters. The number of rotatable bonds is 4. The molecule has 0 bridgehead atoms. The van der Waals surface area contributed by atoms with Crippen LogP contribution in [0.15, 0.2) is 0 Å². The fraction of sp³-hybridized carbons (Fsp3) is 0.923. The Morgan fingerprint density at radius 2 is 2.24 bits per heavy atom. The topological polar surface area (TPSA) is 55.6 Å². The summed E-state index contributed by atoms with van der Waals surface area (Å²) in [5, 5.41) is 0. The van der Waals surface area contributed by atoms with E-state index in [0.717, 1.165) is 51.9 Å². The number of nitrogens with two attached hydrogens (primary N) is 1. The minimum absolute atomic E-state index is 0.171. The van der Waals surface area contributed by atoms with Crippen molar-refractivity contribution in [3.05, 3.63) is 0 Å². The molecule has 2 saturated heterocycles. The summed E-state index contributed by atoms with van der Waals surface area (Å²) in [4.78, 5) is 14.1. The summed E-state index contributed by atoms with van der Waals surface area (Å²) in [5.74, 6) is 0.896. The van der Waals surface area contributed by atoms with Crippen LogP contribution in [0.25, 0.3) is 0 Å². The Morgan fingerprint density at radius 1 is 1.35 bits per heavy atom. The molecule has 0 aromatic heterocycles. The monoisotopic (exact) mass is 240 g/mol. The van der Waals surface area contributed by atoms with Crippen LogP contribution < -0.4 is 5.73 Å². The van der Waals surface area contributed by atoms with E-state index in [2.05, 4.69) is 0 Å². The summed E-state index contributed by atoms with van der Waals surface area (Å²) in [6.07, 6.45) is 6.31. The number of hydrogen-bond donors (Lipinski definition) is 1. The van der Waals surface area contributed by atoms with Crippen LogP contribution in [0.3, 0.4) is 0 Å². The highest BCUT2D eigenvalue weighted by molar-refractivity contribution is 5.77. The summed E-state index contributed by atoms with van der Waals surface area (Å²) >= 11 is 0. The number of hydrogen-bond acceptors (Lipinski definition) is 3. The van der Waals surface area contributed by atoms with Gasteiger partial charge in [0.25, 0.3) is 0 Å². The second kappa shape index (κ2) is 6.36. The van der Waals surface area contributed by atoms with E-state index in [-0.39, 0.29) is 12.0 Å². The van der Waals surface area contributed by atoms with Crippen molar-refractivity contribution in [3.8, 4) is 0 Å². The first kappa shape index (κ1) is 12.8. The minimum atomic E-state index is 0.171. The summed E-state index contributed by atoms with van der Waals surface area (Å²) in [7, 11) is 0. The van der Waals surface area contributed by atoms with Gasteiger partial charge in [0, 0.05) is 19.7 Å². The van der Waals surface area contributed by atoms with Gasteiger partial charge < -0.3 is 15.4 Å². The van der Waals surface area contributed by atoms with E-state index in [1.165, 1.54) is 6.42 Å². The van der Waals surface area contributed by atoms with E-state index in [1.54, 1.807) is 0 Å². The summed E-state index contributed by atoms with van der Waals surface area (Å²) < 4.78 is 5.62. The SMILES string of the molecule is NCCC1CCN(C(=O)CC2CCCCO2)C1. The zero-order chi connectivity index (χ0) is 12.1. The van der Waals surface area contributed by atoms with Gasteiger partial charge in [-0.2, -0.15) is 0 Å². The van der Waals surface area contributed by atoms with Gasteiger partial charge in [-0.25, -0.2) is 0 Å². The van der Waals surface area contributed by atoms with Crippen molar-refractivity contribution in [1.82, 2.24) is 4.90 Å². The molecule has 2 aliphatic heterocycles. The van der Waals surface area contributed by atoms with Gasteiger partial charge in [-0.05, 0) is 44.6 Å². The molecule has 4 nitrogen and oxygen atoms in total. The van der Waals surface area contributed by atoms with Crippen LogP contribution in [0.5, 0.6) is 0 Å². The highest BCUT2D eigenvalue weighted by Gasteiger charge is 2.27. The number of carbonyl (C=O) groups is 1. The van der Waals surface area contributed by atoms with Crippen molar-refractivity contribution in [1.29, 1.82) is 0 Å². The van der Waals surface area contributed by atoms with E-state index in [9.17, 15) is 4.79 Å². The number of ether oxygens (including phenoxy) is 1. The fourth-order valence-corrected chi connectivity index (χ4v) is 2.82. The second-order valence-corrected chi connectivity index (χ2v) is 5.26. The van der Waals surface area contributed by atoms with Crippen LogP contribution in [0.4, 0.5) is 0 Å². The maximum Gasteiger partial charge on any atom is 0.225 e. The number of carbonyl (C=O) groups excluding carboxylic acids is 1. The number of nitrogens with zero attached hydrogens (tertiary/aromatic N) is 1. The largest absolute Gasteiger partial charge is 0.378 e. The van der Waals surface area contributed by atoms with E-state index in [1.807, 2.05) is 4.90 Å². The smallest absolute Gasteiger partial charge is 0.225 e. The van der Waals surface area contributed by atoms with Gasteiger partial charge in [0.05, 0.1) is 12.5 Å². The molecule has 2 heterocycles. The Kier molecular flexibility index (Phi) is 4.80. The molecule has 2 fully saturated rings. The van der Waals surface area contributed by atoms with Crippen LogP contribution in [-0.2, 0) is 9.53 Å². The van der Waals surface area contributed by atoms with Crippen LogP contribution in [0, 0.1) is 5.92 Å². The van der Waals surface area contributed by atoms with Crippen LogP contribution in [-0.4, -0.2) is 43.2 Å². The molecule has 2 atom stereocenters. The van der Waals surface area contributed by atoms with Gasteiger partial charge in [-0.1, -0.05) is 0 Å². The third-order valence-electron chi connectivity index (χ3n) is 3.89. The van der Waals surface area contributed by atoms with Gasteiger partial charge >= 0.3 is 0 Å². The third kappa shape index (κ3) is 3.68. The lowest BCUT2D eigenvalue weighted by Gasteiger charge is -2.24. The minimum Gasteiger partial charge on any atom is -0.378 e. The Bertz CT molecular complexity index is 252. The first-order valence-electron chi connectivity index (χ1n) is 6.89. The highest BCUT2D eigenvalue weighted by Crippen LogP contribution is 2.22. The van der Waals surface area contributed by atoms with Gasteiger partial charge in [-0.15, -0.1) is 0 Å². The predicted molar refractivity (Wildman–Crippen MR) is 66.6 cm³/mol. The van der Waals surface area contributed by atoms with E-state index >= 15 is 0 Å². The van der Waals surface area contributed by atoms with Crippen molar-refractivity contribution in [2.24, 2.45) is 11.7 Å². The van der Waals surface area contributed by atoms with Crippen LogP contribution in [0.2, 0.25) is 0 Å². The van der Waals surface area contributed by atoms with Crippen molar-refractivity contribution in [2.45, 2.75) is 44.6 Å². The molecular weight excluding hydrogens is 216 g/mol. The molecule has 2 rings (SSSR count). The van der Waals surface area contributed by atoms with Crippen molar-refractivity contribution in [2.75, 3.05) is 26.2 Å². The molecule has 2 aliphatic rings. The number of amides is 1. The lowest BCUT2D eigenvalue weighted by atomic mass is 10.1. The second-order valence-electron chi connectivity index (χ2n) is 5.26. The molecule has 0 spiro atoms. The van der Waals surface area contributed by atoms with Gasteiger partial charge in [-0.3, -0.25) is 4.79 Å². The average Bonchev–Trinajstić information content (AvgIpc) is 2.79. The third-order valence-corrected chi connectivity index (χ3v) is 3.89. The van der Waals surface area contributed by atoms with E-state index in [4.69, 9.17) is 10.5 Å². The molecule has 1 amide bonds. The lowest BCUT2D eigenvalue weighted by molar-refractivity contribution is -0.134. The maximum atomic E-state index is 12.1. The molecule has 0 saturated carbocycles. The summed E-state index contributed by atoms with van der Waals surface area (Å²) in [5.41, 5.74) is 5.56. The van der Waals surface area contributed by atoms with Crippen molar-refractivity contribution >= 4 is 5.91 Å². The van der Waals surface area contributed by atoms with E-state index in [0.29, 0.717) is 12.3 Å². The quantitative estimate of drug-likeness (QED) is 0.802. The molecular formula is C13H24N2O2. The Hall–Kier alpha value is -0.610. The lowest BCUT2D eigenvalue weighted by Crippen LogP contribution is -2.33. The Balaban J connectivity index is 1.72. The average molecular weight is 240 g/mol. The predicted octanol–water partition coefficient (Wildman–Crippen LogP) is 1.14. The van der Waals surface area contributed by atoms with Crippen molar-refractivity contribution < 1.29 is 9.53 Å². The molecule has 4 heteroatoms. The molecule has 0 radical (unpaired) electrons. The highest BCUT2D eigenvalue weighted by atomic mass is 16.5. The summed E-state index contributed by atoms with van der Waals surface area (Å²) in [6.45, 7) is 3.38. The molecule has 2 N–H and O–H groups in total. The molecule has 0 aromatic rings. The van der Waals surface area contributed by atoms with Gasteiger partial charge in [0.1, 0.15) is 0 Å². The molecule has 17 heavy (non-hydrogen) atoms. The Labute approximate surface area is 103 Å². The van der Waals surface area contributed by atoms with E-state index < -0.39 is 0 Å². The normalized spacial score (nSPS) is 29.6. The zero-order valence-corrected chi connectivity index (χ0v) is 10.6. The summed E-state index contributed by atoms with van der Waals surface area (Å²) in [6, 6.07) is 0. The molecule has 0 aliphatic carbocycles. The van der Waals surface area contributed by atoms with Gasteiger partial charge in [0.2, 0.25) is 5.91 Å². The molecule has 98 valence electrons. The standard InChI is InChI=1S/C13H24N2O2/c14-6-4-11-5-7-15(10-11)13(16)9-12-3-1-2-8-17-12/h11-12H,1-10,14H2. The van der Waals surface area contributed by atoms with Crippen LogP contribution in [0.1, 0.15) is 38.5 Å². The van der Waals surface area contributed by atoms with Crippen LogP contribution >= 0.6 is 0 Å². The Morgan fingerprint density at radius 3 is 2.94 bits per heavy atom. The van der Waals surface area contributed by atoms with Gasteiger partial charge in [0.15, 0.2) is 0 Å². The first-order chi connectivity index (χ1) is 8.29. The first-order valence-corrected chi connectivity index (χ1v) is 6.89. The number of likely N-dealkylation sites (tertiary alicyclic amines) is 1. The zero-order valence-electron chi connectivity index (χ0n) is 10.6.